The molecule has 1 amide bonds. The summed E-state index contributed by atoms with van der Waals surface area (Å²) in [5, 5.41) is 30.5. The van der Waals surface area contributed by atoms with Crippen molar-refractivity contribution >= 4 is 11.9 Å². The molecule has 0 radical (unpaired) electrons. The number of rotatable bonds is 8. The van der Waals surface area contributed by atoms with Crippen molar-refractivity contribution in [2.45, 2.75) is 25.2 Å². The number of amides is 1. The van der Waals surface area contributed by atoms with Crippen LogP contribution in [0.15, 0.2) is 54.6 Å². The van der Waals surface area contributed by atoms with Crippen molar-refractivity contribution in [3.63, 3.8) is 0 Å². The first-order valence-electron chi connectivity index (χ1n) is 8.23. The lowest BCUT2D eigenvalue weighted by Crippen LogP contribution is -2.30. The van der Waals surface area contributed by atoms with Gasteiger partial charge in [0.05, 0.1) is 6.10 Å². The predicted molar refractivity (Wildman–Crippen MR) is 97.7 cm³/mol. The lowest BCUT2D eigenvalue weighted by molar-refractivity contribution is 0.0135. The molecule has 138 valence electrons. The van der Waals surface area contributed by atoms with E-state index in [2.05, 4.69) is 5.32 Å². The highest BCUT2D eigenvalue weighted by atomic mass is 16.5. The van der Waals surface area contributed by atoms with Crippen molar-refractivity contribution < 1.29 is 19.7 Å². The molecule has 0 aliphatic rings. The summed E-state index contributed by atoms with van der Waals surface area (Å²) in [6.45, 7) is 0.290. The van der Waals surface area contributed by atoms with Crippen LogP contribution in [0.2, 0.25) is 0 Å². The van der Waals surface area contributed by atoms with E-state index < -0.39 is 18.3 Å². The number of nitrogen functional groups attached to an aromatic ring is 1. The molecule has 2 rings (SSSR count). The summed E-state index contributed by atoms with van der Waals surface area (Å²) in [4.78, 5) is 11.7. The number of benzene rings is 2. The molecule has 2 unspecified atom stereocenters. The average Bonchev–Trinajstić information content (AvgIpc) is 2.66. The van der Waals surface area contributed by atoms with Gasteiger partial charge in [0, 0.05) is 12.1 Å². The Morgan fingerprint density at radius 3 is 2.46 bits per heavy atom. The van der Waals surface area contributed by atoms with Gasteiger partial charge in [0.2, 0.25) is 0 Å². The van der Waals surface area contributed by atoms with E-state index in [1.165, 1.54) is 0 Å². The minimum atomic E-state index is -1.21. The lowest BCUT2D eigenvalue weighted by Gasteiger charge is -2.20. The van der Waals surface area contributed by atoms with E-state index >= 15 is 0 Å². The van der Waals surface area contributed by atoms with E-state index in [0.717, 1.165) is 5.56 Å². The third kappa shape index (κ3) is 5.58. The third-order valence-electron chi connectivity index (χ3n) is 3.86. The molecule has 0 spiro atoms. The van der Waals surface area contributed by atoms with Crippen molar-refractivity contribution in [3.05, 3.63) is 71.3 Å². The lowest BCUT2D eigenvalue weighted by atomic mass is 9.96. The Labute approximate surface area is 151 Å². The SMILES string of the molecule is N=C(N)c1ccccc1C(O)C(O)CCNC(=O)OCc1ccccc1. The Balaban J connectivity index is 1.78. The standard InChI is InChI=1S/C19H23N3O4/c20-18(21)15-9-5-4-8-14(15)17(24)16(23)10-11-22-19(25)26-12-13-6-2-1-3-7-13/h1-9,16-17,23-24H,10-12H2,(H3,20,21)(H,22,25). The van der Waals surface area contributed by atoms with Crippen molar-refractivity contribution in [2.24, 2.45) is 5.73 Å². The fourth-order valence-corrected chi connectivity index (χ4v) is 2.46. The summed E-state index contributed by atoms with van der Waals surface area (Å²) in [6, 6.07) is 15.9. The Morgan fingerprint density at radius 1 is 1.12 bits per heavy atom. The summed E-state index contributed by atoms with van der Waals surface area (Å²) >= 11 is 0. The molecule has 7 heteroatoms. The van der Waals surface area contributed by atoms with Gasteiger partial charge in [-0.3, -0.25) is 5.41 Å². The van der Waals surface area contributed by atoms with Gasteiger partial charge in [-0.2, -0.15) is 0 Å². The molecular weight excluding hydrogens is 334 g/mol. The van der Waals surface area contributed by atoms with E-state index in [0.29, 0.717) is 11.1 Å². The number of aliphatic hydroxyl groups is 2. The fourth-order valence-electron chi connectivity index (χ4n) is 2.46. The Hall–Kier alpha value is -2.90. The maximum atomic E-state index is 11.7. The van der Waals surface area contributed by atoms with Crippen molar-refractivity contribution in [2.75, 3.05) is 6.54 Å². The van der Waals surface area contributed by atoms with Gasteiger partial charge in [0.1, 0.15) is 18.5 Å². The van der Waals surface area contributed by atoms with Gasteiger partial charge in [-0.1, -0.05) is 54.6 Å². The number of carbonyl (C=O) groups is 1. The van der Waals surface area contributed by atoms with Crippen LogP contribution in [0.3, 0.4) is 0 Å². The summed E-state index contributed by atoms with van der Waals surface area (Å²) in [7, 11) is 0. The molecule has 0 saturated heterocycles. The second kappa shape index (κ2) is 9.55. The molecule has 0 heterocycles. The van der Waals surface area contributed by atoms with Crippen molar-refractivity contribution in [1.82, 2.24) is 5.32 Å². The van der Waals surface area contributed by atoms with Gasteiger partial charge in [-0.05, 0) is 17.5 Å². The molecule has 7 nitrogen and oxygen atoms in total. The van der Waals surface area contributed by atoms with E-state index in [1.54, 1.807) is 24.3 Å². The minimum absolute atomic E-state index is 0.119. The monoisotopic (exact) mass is 357 g/mol. The molecule has 0 aliphatic heterocycles. The van der Waals surface area contributed by atoms with Crippen LogP contribution >= 0.6 is 0 Å². The van der Waals surface area contributed by atoms with Crippen LogP contribution in [0.1, 0.15) is 29.2 Å². The number of hydrogen-bond acceptors (Lipinski definition) is 5. The van der Waals surface area contributed by atoms with Crippen LogP contribution in [0, 0.1) is 5.41 Å². The van der Waals surface area contributed by atoms with Crippen LogP contribution in [0.5, 0.6) is 0 Å². The number of hydrogen-bond donors (Lipinski definition) is 5. The second-order valence-electron chi connectivity index (χ2n) is 5.79. The van der Waals surface area contributed by atoms with Gasteiger partial charge < -0.3 is 26.0 Å². The number of nitrogens with one attached hydrogen (secondary N) is 2. The van der Waals surface area contributed by atoms with Gasteiger partial charge in [0.15, 0.2) is 0 Å². The second-order valence-corrected chi connectivity index (χ2v) is 5.79. The predicted octanol–water partition coefficient (Wildman–Crippen LogP) is 1.68. The molecular formula is C19H23N3O4. The summed E-state index contributed by atoms with van der Waals surface area (Å²) in [6.07, 6.45) is -2.81. The molecule has 2 atom stereocenters. The quantitative estimate of drug-likeness (QED) is 0.363. The normalized spacial score (nSPS) is 12.8. The molecule has 0 bridgehead atoms. The smallest absolute Gasteiger partial charge is 0.407 e. The highest BCUT2D eigenvalue weighted by Gasteiger charge is 2.21. The summed E-state index contributed by atoms with van der Waals surface area (Å²) < 4.78 is 5.07. The zero-order valence-corrected chi connectivity index (χ0v) is 14.3. The molecule has 2 aromatic carbocycles. The highest BCUT2D eigenvalue weighted by molar-refractivity contribution is 5.96. The highest BCUT2D eigenvalue weighted by Crippen LogP contribution is 2.22. The van der Waals surface area contributed by atoms with Gasteiger partial charge in [-0.25, -0.2) is 4.79 Å². The van der Waals surface area contributed by atoms with Gasteiger partial charge in [0.25, 0.3) is 0 Å². The number of aliphatic hydroxyl groups excluding tert-OH is 2. The number of nitrogens with two attached hydrogens (primary N) is 1. The van der Waals surface area contributed by atoms with E-state index in [9.17, 15) is 15.0 Å². The molecule has 0 fully saturated rings. The molecule has 0 aliphatic carbocycles. The first-order chi connectivity index (χ1) is 12.5. The third-order valence-corrected chi connectivity index (χ3v) is 3.86. The Bertz CT molecular complexity index is 737. The van der Waals surface area contributed by atoms with E-state index in [4.69, 9.17) is 15.9 Å². The number of amidine groups is 1. The maximum Gasteiger partial charge on any atom is 0.407 e. The van der Waals surface area contributed by atoms with Crippen LogP contribution in [0.25, 0.3) is 0 Å². The largest absolute Gasteiger partial charge is 0.445 e. The number of alkyl carbamates (subject to hydrolysis) is 1. The molecule has 26 heavy (non-hydrogen) atoms. The Morgan fingerprint density at radius 2 is 1.77 bits per heavy atom. The van der Waals surface area contributed by atoms with Crippen molar-refractivity contribution in [3.8, 4) is 0 Å². The van der Waals surface area contributed by atoms with Crippen LogP contribution < -0.4 is 11.1 Å². The molecule has 0 aromatic heterocycles. The van der Waals surface area contributed by atoms with Crippen LogP contribution in [0.4, 0.5) is 4.79 Å². The average molecular weight is 357 g/mol. The van der Waals surface area contributed by atoms with Crippen LogP contribution in [-0.2, 0) is 11.3 Å². The van der Waals surface area contributed by atoms with E-state index in [1.807, 2.05) is 30.3 Å². The summed E-state index contributed by atoms with van der Waals surface area (Å²) in [5.74, 6) is -0.186. The first kappa shape index (κ1) is 19.4. The van der Waals surface area contributed by atoms with Gasteiger partial charge in [-0.15, -0.1) is 0 Å². The topological polar surface area (TPSA) is 129 Å². The molecule has 6 N–H and O–H groups in total. The zero-order chi connectivity index (χ0) is 18.9. The van der Waals surface area contributed by atoms with E-state index in [-0.39, 0.29) is 25.4 Å². The molecule has 0 saturated carbocycles. The van der Waals surface area contributed by atoms with Crippen LogP contribution in [-0.4, -0.2) is 34.8 Å². The first-order valence-corrected chi connectivity index (χ1v) is 8.23. The zero-order valence-electron chi connectivity index (χ0n) is 14.3. The molecule has 2 aromatic rings. The Kier molecular flexibility index (Phi) is 7.13. The maximum absolute atomic E-state index is 11.7. The van der Waals surface area contributed by atoms with Gasteiger partial charge >= 0.3 is 6.09 Å². The minimum Gasteiger partial charge on any atom is -0.445 e. The number of carbonyl (C=O) groups excluding carboxylic acids is 1. The fraction of sp³-hybridized carbons (Fsp3) is 0.263. The number of ether oxygens (including phenoxy) is 1. The van der Waals surface area contributed by atoms with Crippen molar-refractivity contribution in [1.29, 1.82) is 5.41 Å². The summed E-state index contributed by atoms with van der Waals surface area (Å²) in [5.41, 5.74) is 7.11.